The molecule has 1 N–H and O–H groups in total. The number of methoxy groups -OCH3 is 3. The number of sulfonamides is 1. The average Bonchev–Trinajstić information content (AvgIpc) is 2.87. The first-order valence-corrected chi connectivity index (χ1v) is 13.7. The van der Waals surface area contributed by atoms with Crippen molar-refractivity contribution >= 4 is 27.5 Å². The van der Waals surface area contributed by atoms with E-state index in [-0.39, 0.29) is 29.8 Å². The fourth-order valence-electron chi connectivity index (χ4n) is 3.55. The van der Waals surface area contributed by atoms with Gasteiger partial charge >= 0.3 is 0 Å². The summed E-state index contributed by atoms with van der Waals surface area (Å²) >= 11 is 0. The second-order valence-electron chi connectivity index (χ2n) is 8.99. The molecule has 10 nitrogen and oxygen atoms in total. The molecule has 0 bridgehead atoms. The van der Waals surface area contributed by atoms with E-state index in [9.17, 15) is 18.0 Å². The van der Waals surface area contributed by atoms with Crippen molar-refractivity contribution in [2.24, 2.45) is 5.92 Å². The summed E-state index contributed by atoms with van der Waals surface area (Å²) in [5.41, 5.74) is 0.904. The van der Waals surface area contributed by atoms with Gasteiger partial charge in [0.2, 0.25) is 21.8 Å². The number of nitrogens with zero attached hydrogens (tertiary/aromatic N) is 2. The summed E-state index contributed by atoms with van der Waals surface area (Å²) in [7, 11) is 0.495. The van der Waals surface area contributed by atoms with Crippen LogP contribution in [0.5, 0.6) is 17.2 Å². The molecular weight excluding hydrogens is 498 g/mol. The van der Waals surface area contributed by atoms with Crippen molar-refractivity contribution < 1.29 is 32.2 Å². The van der Waals surface area contributed by atoms with Crippen LogP contribution in [0.3, 0.4) is 0 Å². The van der Waals surface area contributed by atoms with E-state index in [0.29, 0.717) is 18.0 Å². The molecule has 204 valence electrons. The molecule has 2 aromatic carbocycles. The number of carbonyl (C=O) groups is 2. The van der Waals surface area contributed by atoms with E-state index in [2.05, 4.69) is 5.32 Å². The second-order valence-corrected chi connectivity index (χ2v) is 10.9. The predicted molar refractivity (Wildman–Crippen MR) is 143 cm³/mol. The van der Waals surface area contributed by atoms with Gasteiger partial charge in [0.05, 0.1) is 33.3 Å². The molecule has 0 aliphatic carbocycles. The van der Waals surface area contributed by atoms with Crippen LogP contribution in [0.15, 0.2) is 42.5 Å². The summed E-state index contributed by atoms with van der Waals surface area (Å²) in [6.45, 7) is 5.55. The Bertz CT molecular complexity index is 1170. The molecule has 1 atom stereocenters. The third-order valence-corrected chi connectivity index (χ3v) is 6.82. The van der Waals surface area contributed by atoms with Gasteiger partial charge < -0.3 is 24.4 Å². The van der Waals surface area contributed by atoms with Crippen LogP contribution >= 0.6 is 0 Å². The minimum absolute atomic E-state index is 0.0892. The lowest BCUT2D eigenvalue weighted by atomic mass is 10.1. The minimum atomic E-state index is -3.92. The molecule has 0 saturated carbocycles. The highest BCUT2D eigenvalue weighted by Crippen LogP contribution is 2.34. The molecule has 0 fully saturated rings. The SMILES string of the molecule is COc1ccc(CN(C(=O)CN(c2cc(OC)ccc2OC)S(C)(=O)=O)[C@H](C)C(=O)NCC(C)C)cc1. The summed E-state index contributed by atoms with van der Waals surface area (Å²) in [4.78, 5) is 28.0. The summed E-state index contributed by atoms with van der Waals surface area (Å²) in [5, 5.41) is 2.85. The van der Waals surface area contributed by atoms with Gasteiger partial charge in [-0.1, -0.05) is 26.0 Å². The highest BCUT2D eigenvalue weighted by molar-refractivity contribution is 7.92. The van der Waals surface area contributed by atoms with E-state index in [4.69, 9.17) is 14.2 Å². The number of benzene rings is 2. The van der Waals surface area contributed by atoms with Crippen LogP contribution in [0.2, 0.25) is 0 Å². The largest absolute Gasteiger partial charge is 0.497 e. The number of hydrogen-bond acceptors (Lipinski definition) is 7. The summed E-state index contributed by atoms with van der Waals surface area (Å²) in [6, 6.07) is 10.9. The van der Waals surface area contributed by atoms with E-state index >= 15 is 0 Å². The lowest BCUT2D eigenvalue weighted by Gasteiger charge is -2.32. The molecule has 2 amide bonds. The van der Waals surface area contributed by atoms with Crippen LogP contribution in [-0.2, 0) is 26.2 Å². The van der Waals surface area contributed by atoms with Crippen LogP contribution in [-0.4, -0.2) is 71.8 Å². The molecule has 0 aliphatic rings. The maximum atomic E-state index is 13.7. The quantitative estimate of drug-likeness (QED) is 0.419. The van der Waals surface area contributed by atoms with Gasteiger partial charge in [0, 0.05) is 19.2 Å². The molecule has 0 unspecified atom stereocenters. The Labute approximate surface area is 219 Å². The van der Waals surface area contributed by atoms with Gasteiger partial charge in [0.25, 0.3) is 0 Å². The standard InChI is InChI=1S/C26H37N3O7S/c1-18(2)15-27-26(31)19(3)28(16-20-8-10-21(34-4)11-9-20)25(30)17-29(37(7,32)33)23-14-22(35-5)12-13-24(23)36-6/h8-14,18-19H,15-17H2,1-7H3,(H,27,31)/t19-/m1/s1. The zero-order valence-electron chi connectivity index (χ0n) is 22.5. The lowest BCUT2D eigenvalue weighted by Crippen LogP contribution is -2.51. The number of nitrogens with one attached hydrogen (secondary N) is 1. The molecular formula is C26H37N3O7S. The Balaban J connectivity index is 2.45. The molecule has 2 rings (SSSR count). The number of amides is 2. The normalized spacial score (nSPS) is 12.0. The van der Waals surface area contributed by atoms with Crippen LogP contribution in [0.4, 0.5) is 5.69 Å². The summed E-state index contributed by atoms with van der Waals surface area (Å²) in [5.74, 6) is 0.636. The highest BCUT2D eigenvalue weighted by Gasteiger charge is 2.31. The number of ether oxygens (including phenoxy) is 3. The van der Waals surface area contributed by atoms with E-state index in [0.717, 1.165) is 16.1 Å². The number of carbonyl (C=O) groups excluding carboxylic acids is 2. The maximum Gasteiger partial charge on any atom is 0.244 e. The van der Waals surface area contributed by atoms with Crippen LogP contribution in [0.1, 0.15) is 26.3 Å². The lowest BCUT2D eigenvalue weighted by molar-refractivity contribution is -0.139. The smallest absolute Gasteiger partial charge is 0.244 e. The van der Waals surface area contributed by atoms with Gasteiger partial charge in [-0.3, -0.25) is 13.9 Å². The molecule has 2 aromatic rings. The molecule has 0 aromatic heterocycles. The van der Waals surface area contributed by atoms with E-state index in [1.54, 1.807) is 50.4 Å². The van der Waals surface area contributed by atoms with Crippen molar-refractivity contribution in [1.82, 2.24) is 10.2 Å². The maximum absolute atomic E-state index is 13.7. The fourth-order valence-corrected chi connectivity index (χ4v) is 4.39. The average molecular weight is 536 g/mol. The third-order valence-electron chi connectivity index (χ3n) is 5.70. The predicted octanol–water partition coefficient (Wildman–Crippen LogP) is 2.67. The van der Waals surface area contributed by atoms with Gasteiger partial charge in [-0.25, -0.2) is 8.42 Å². The first-order chi connectivity index (χ1) is 17.4. The topological polar surface area (TPSA) is 114 Å². The number of rotatable bonds is 13. The number of hydrogen-bond donors (Lipinski definition) is 1. The van der Waals surface area contributed by atoms with Gasteiger partial charge in [0.15, 0.2) is 0 Å². The zero-order valence-corrected chi connectivity index (χ0v) is 23.3. The van der Waals surface area contributed by atoms with Gasteiger partial charge in [-0.15, -0.1) is 0 Å². The second kappa shape index (κ2) is 13.2. The molecule has 0 radical (unpaired) electrons. The summed E-state index contributed by atoms with van der Waals surface area (Å²) < 4.78 is 42.4. The van der Waals surface area contributed by atoms with Crippen molar-refractivity contribution in [3.05, 3.63) is 48.0 Å². The Morgan fingerprint density at radius 1 is 0.919 bits per heavy atom. The van der Waals surface area contributed by atoms with E-state index in [1.807, 2.05) is 13.8 Å². The van der Waals surface area contributed by atoms with Crippen LogP contribution in [0, 0.1) is 5.92 Å². The monoisotopic (exact) mass is 535 g/mol. The Kier molecular flexibility index (Phi) is 10.6. The first kappa shape index (κ1) is 29.8. The molecule has 0 spiro atoms. The molecule has 0 heterocycles. The third kappa shape index (κ3) is 8.28. The van der Waals surface area contributed by atoms with E-state index < -0.39 is 28.5 Å². The highest BCUT2D eigenvalue weighted by atomic mass is 32.2. The molecule has 37 heavy (non-hydrogen) atoms. The van der Waals surface area contributed by atoms with Gasteiger partial charge in [-0.2, -0.15) is 0 Å². The van der Waals surface area contributed by atoms with Crippen LogP contribution in [0.25, 0.3) is 0 Å². The van der Waals surface area contributed by atoms with Crippen molar-refractivity contribution in [1.29, 1.82) is 0 Å². The van der Waals surface area contributed by atoms with Gasteiger partial charge in [-0.05, 0) is 42.7 Å². The van der Waals surface area contributed by atoms with Crippen molar-refractivity contribution in [2.75, 3.05) is 45.0 Å². The molecule has 0 aliphatic heterocycles. The molecule has 11 heteroatoms. The summed E-state index contributed by atoms with van der Waals surface area (Å²) in [6.07, 6.45) is 1.01. The molecule has 0 saturated heterocycles. The van der Waals surface area contributed by atoms with Crippen molar-refractivity contribution in [3.63, 3.8) is 0 Å². The zero-order chi connectivity index (χ0) is 27.8. The van der Waals surface area contributed by atoms with Crippen molar-refractivity contribution in [3.8, 4) is 17.2 Å². The Morgan fingerprint density at radius 2 is 1.51 bits per heavy atom. The van der Waals surface area contributed by atoms with Crippen LogP contribution < -0.4 is 23.8 Å². The number of anilines is 1. The van der Waals surface area contributed by atoms with Gasteiger partial charge in [0.1, 0.15) is 29.8 Å². The van der Waals surface area contributed by atoms with Crippen molar-refractivity contribution in [2.45, 2.75) is 33.4 Å². The fraction of sp³-hybridized carbons (Fsp3) is 0.462. The van der Waals surface area contributed by atoms with E-state index in [1.165, 1.54) is 25.2 Å². The Morgan fingerprint density at radius 3 is 2.03 bits per heavy atom. The Hall–Kier alpha value is -3.47. The minimum Gasteiger partial charge on any atom is -0.497 e. The first-order valence-electron chi connectivity index (χ1n) is 11.8.